The SMILES string of the molecule is O=C(O)CCCN1C(=O)/C(=C/c2cc(Br)cc(Br)c2O)SC1=S. The summed E-state index contributed by atoms with van der Waals surface area (Å²) in [4.78, 5) is 24.7. The van der Waals surface area contributed by atoms with E-state index in [1.54, 1.807) is 18.2 Å². The minimum atomic E-state index is -0.908. The smallest absolute Gasteiger partial charge is 0.303 e. The summed E-state index contributed by atoms with van der Waals surface area (Å²) >= 11 is 12.9. The maximum atomic E-state index is 12.4. The van der Waals surface area contributed by atoms with Crippen LogP contribution in [0.3, 0.4) is 0 Å². The molecule has 1 fully saturated rings. The molecule has 0 bridgehead atoms. The van der Waals surface area contributed by atoms with Gasteiger partial charge in [-0.25, -0.2) is 0 Å². The van der Waals surface area contributed by atoms with Crippen molar-refractivity contribution >= 4 is 78.1 Å². The van der Waals surface area contributed by atoms with Gasteiger partial charge in [0, 0.05) is 23.0 Å². The van der Waals surface area contributed by atoms with Crippen molar-refractivity contribution in [2.45, 2.75) is 12.8 Å². The van der Waals surface area contributed by atoms with Crippen molar-refractivity contribution in [3.05, 3.63) is 31.5 Å². The van der Waals surface area contributed by atoms with Crippen molar-refractivity contribution in [3.8, 4) is 5.75 Å². The second-order valence-electron chi connectivity index (χ2n) is 4.66. The van der Waals surface area contributed by atoms with Crippen LogP contribution in [-0.2, 0) is 9.59 Å². The fourth-order valence-corrected chi connectivity index (χ4v) is 4.48. The van der Waals surface area contributed by atoms with E-state index in [0.717, 1.165) is 16.2 Å². The van der Waals surface area contributed by atoms with Gasteiger partial charge in [0.05, 0.1) is 9.38 Å². The number of carbonyl (C=O) groups excluding carboxylic acids is 1. The van der Waals surface area contributed by atoms with Crippen LogP contribution in [-0.4, -0.2) is 37.9 Å². The number of hydrogen-bond acceptors (Lipinski definition) is 5. The van der Waals surface area contributed by atoms with E-state index in [0.29, 0.717) is 25.7 Å². The average molecular weight is 481 g/mol. The quantitative estimate of drug-likeness (QED) is 0.490. The Balaban J connectivity index is 2.20. The van der Waals surface area contributed by atoms with Crippen LogP contribution in [0.2, 0.25) is 0 Å². The summed E-state index contributed by atoms with van der Waals surface area (Å²) < 4.78 is 1.65. The van der Waals surface area contributed by atoms with E-state index in [-0.39, 0.29) is 24.6 Å². The zero-order valence-electron chi connectivity index (χ0n) is 11.6. The molecule has 1 heterocycles. The van der Waals surface area contributed by atoms with Crippen LogP contribution >= 0.6 is 55.8 Å². The van der Waals surface area contributed by atoms with Gasteiger partial charge in [0.2, 0.25) is 0 Å². The Labute approximate surface area is 159 Å². The van der Waals surface area contributed by atoms with Gasteiger partial charge in [-0.15, -0.1) is 0 Å². The van der Waals surface area contributed by atoms with Crippen molar-refractivity contribution in [2.24, 2.45) is 0 Å². The van der Waals surface area contributed by atoms with E-state index in [9.17, 15) is 14.7 Å². The van der Waals surface area contributed by atoms with Crippen molar-refractivity contribution in [3.63, 3.8) is 0 Å². The van der Waals surface area contributed by atoms with Crippen LogP contribution in [0, 0.1) is 0 Å². The zero-order valence-corrected chi connectivity index (χ0v) is 16.4. The number of rotatable bonds is 5. The lowest BCUT2D eigenvalue weighted by Gasteiger charge is -2.13. The van der Waals surface area contributed by atoms with Gasteiger partial charge in [-0.2, -0.15) is 0 Å². The number of carboxylic acids is 1. The summed E-state index contributed by atoms with van der Waals surface area (Å²) in [5, 5.41) is 18.7. The van der Waals surface area contributed by atoms with Crippen LogP contribution in [0.5, 0.6) is 5.75 Å². The number of nitrogens with zero attached hydrogens (tertiary/aromatic N) is 1. The summed E-state index contributed by atoms with van der Waals surface area (Å²) in [6, 6.07) is 3.39. The molecular weight excluding hydrogens is 470 g/mol. The van der Waals surface area contributed by atoms with Gasteiger partial charge >= 0.3 is 5.97 Å². The Morgan fingerprint density at radius 1 is 1.39 bits per heavy atom. The molecule has 9 heteroatoms. The van der Waals surface area contributed by atoms with E-state index in [2.05, 4.69) is 31.9 Å². The average Bonchev–Trinajstić information content (AvgIpc) is 2.71. The van der Waals surface area contributed by atoms with Gasteiger partial charge in [-0.1, -0.05) is 39.9 Å². The zero-order chi connectivity index (χ0) is 17.1. The van der Waals surface area contributed by atoms with Crippen LogP contribution in [0.4, 0.5) is 0 Å². The second-order valence-corrected chi connectivity index (χ2v) is 8.10. The third kappa shape index (κ3) is 4.56. The van der Waals surface area contributed by atoms with E-state index in [4.69, 9.17) is 17.3 Å². The van der Waals surface area contributed by atoms with E-state index in [1.165, 1.54) is 4.90 Å². The maximum Gasteiger partial charge on any atom is 0.303 e. The molecule has 1 saturated heterocycles. The van der Waals surface area contributed by atoms with Gasteiger partial charge in [0.25, 0.3) is 5.91 Å². The molecule has 0 atom stereocenters. The highest BCUT2D eigenvalue weighted by Crippen LogP contribution is 2.37. The van der Waals surface area contributed by atoms with Crippen molar-refractivity contribution < 1.29 is 19.8 Å². The maximum absolute atomic E-state index is 12.4. The number of phenols is 1. The molecule has 1 amide bonds. The molecule has 2 rings (SSSR count). The third-order valence-electron chi connectivity index (χ3n) is 2.99. The molecule has 1 aromatic rings. The normalized spacial score (nSPS) is 16.4. The number of amides is 1. The number of thiocarbonyl (C=S) groups is 1. The van der Waals surface area contributed by atoms with Crippen LogP contribution in [0.15, 0.2) is 26.0 Å². The first-order chi connectivity index (χ1) is 10.8. The van der Waals surface area contributed by atoms with Gasteiger partial charge < -0.3 is 10.2 Å². The standard InChI is InChI=1S/C14H11Br2NO4S2/c15-8-4-7(12(20)9(16)6-8)5-10-13(21)17(14(22)23-10)3-1-2-11(18)19/h4-6,20H,1-3H2,(H,18,19)/b10-5-. The first-order valence-electron chi connectivity index (χ1n) is 6.44. The molecule has 5 nitrogen and oxygen atoms in total. The molecule has 0 radical (unpaired) electrons. The minimum absolute atomic E-state index is 0.0184. The molecule has 122 valence electrons. The van der Waals surface area contributed by atoms with Gasteiger partial charge in [0.1, 0.15) is 10.1 Å². The molecule has 2 N–H and O–H groups in total. The highest BCUT2D eigenvalue weighted by Gasteiger charge is 2.31. The highest BCUT2D eigenvalue weighted by molar-refractivity contribution is 9.11. The number of aromatic hydroxyl groups is 1. The molecule has 1 aromatic carbocycles. The Hall–Kier alpha value is -0.900. The number of carbonyl (C=O) groups is 2. The molecule has 0 aromatic heterocycles. The number of thioether (sulfide) groups is 1. The van der Waals surface area contributed by atoms with Gasteiger partial charge in [-0.3, -0.25) is 14.5 Å². The lowest BCUT2D eigenvalue weighted by atomic mass is 10.2. The largest absolute Gasteiger partial charge is 0.506 e. The monoisotopic (exact) mass is 479 g/mol. The topological polar surface area (TPSA) is 77.8 Å². The summed E-state index contributed by atoms with van der Waals surface area (Å²) in [6.45, 7) is 0.266. The number of hydrogen-bond donors (Lipinski definition) is 2. The van der Waals surface area contributed by atoms with E-state index in [1.807, 2.05) is 0 Å². The van der Waals surface area contributed by atoms with E-state index < -0.39 is 5.97 Å². The third-order valence-corrected chi connectivity index (χ3v) is 5.43. The Morgan fingerprint density at radius 3 is 2.74 bits per heavy atom. The number of carboxylic acid groups (broad SMARTS) is 1. The first-order valence-corrected chi connectivity index (χ1v) is 9.26. The molecule has 0 unspecified atom stereocenters. The molecule has 23 heavy (non-hydrogen) atoms. The van der Waals surface area contributed by atoms with Crippen molar-refractivity contribution in [1.29, 1.82) is 0 Å². The fraction of sp³-hybridized carbons (Fsp3) is 0.214. The number of halogens is 2. The molecule has 1 aliphatic rings. The fourth-order valence-electron chi connectivity index (χ4n) is 1.92. The van der Waals surface area contributed by atoms with Crippen molar-refractivity contribution in [1.82, 2.24) is 4.90 Å². The molecule has 1 aliphatic heterocycles. The molecule has 0 spiro atoms. The summed E-state index contributed by atoms with van der Waals surface area (Å²) in [6.07, 6.45) is 1.89. The van der Waals surface area contributed by atoms with Crippen LogP contribution in [0.25, 0.3) is 6.08 Å². The highest BCUT2D eigenvalue weighted by atomic mass is 79.9. The number of aliphatic carboxylic acids is 1. The minimum Gasteiger partial charge on any atom is -0.506 e. The van der Waals surface area contributed by atoms with Gasteiger partial charge in [-0.05, 0) is 40.6 Å². The van der Waals surface area contributed by atoms with Crippen LogP contribution < -0.4 is 0 Å². The molecule has 0 aliphatic carbocycles. The second kappa shape index (κ2) is 7.78. The molecule has 0 saturated carbocycles. The Morgan fingerprint density at radius 2 is 2.09 bits per heavy atom. The number of benzene rings is 1. The van der Waals surface area contributed by atoms with E-state index >= 15 is 0 Å². The number of phenolic OH excluding ortho intramolecular Hbond substituents is 1. The predicted octanol–water partition coefficient (Wildman–Crippen LogP) is 3.98. The van der Waals surface area contributed by atoms with Crippen LogP contribution in [0.1, 0.15) is 18.4 Å². The first kappa shape index (κ1) is 18.4. The lowest BCUT2D eigenvalue weighted by Crippen LogP contribution is -2.29. The van der Waals surface area contributed by atoms with Crippen molar-refractivity contribution in [2.75, 3.05) is 6.54 Å². The summed E-state index contributed by atoms with van der Waals surface area (Å²) in [5.74, 6) is -1.15. The lowest BCUT2D eigenvalue weighted by molar-refractivity contribution is -0.137. The summed E-state index contributed by atoms with van der Waals surface area (Å²) in [5.41, 5.74) is 0.484. The van der Waals surface area contributed by atoms with Gasteiger partial charge in [0.15, 0.2) is 0 Å². The predicted molar refractivity (Wildman–Crippen MR) is 100 cm³/mol. The Bertz CT molecular complexity index is 721. The molecular formula is C14H11Br2NO4S2. The summed E-state index contributed by atoms with van der Waals surface area (Å²) in [7, 11) is 0. The Kier molecular flexibility index (Phi) is 6.24.